The molecule has 2 aromatic rings. The molecule has 0 aromatic heterocycles. The van der Waals surface area contributed by atoms with E-state index in [1.165, 1.54) is 5.56 Å². The molecule has 1 saturated carbocycles. The maximum Gasteiger partial charge on any atom is 0.404 e. The second kappa shape index (κ2) is 12.9. The Balaban J connectivity index is 1.63. The van der Waals surface area contributed by atoms with Gasteiger partial charge in [0.15, 0.2) is 0 Å². The van der Waals surface area contributed by atoms with Crippen molar-refractivity contribution in [2.75, 3.05) is 32.8 Å². The van der Waals surface area contributed by atoms with Gasteiger partial charge < -0.3 is 35.6 Å². The maximum atomic E-state index is 13.3. The van der Waals surface area contributed by atoms with Crippen molar-refractivity contribution in [2.45, 2.75) is 50.5 Å². The normalized spacial score (nSPS) is 24.3. The Morgan fingerprint density at radius 3 is 2.76 bits per heavy atom. The third-order valence-electron chi connectivity index (χ3n) is 7.32. The smallest absolute Gasteiger partial charge is 0.404 e. The van der Waals surface area contributed by atoms with Crippen LogP contribution >= 0.6 is 11.6 Å². The molecule has 2 aromatic carbocycles. The summed E-state index contributed by atoms with van der Waals surface area (Å²) in [6, 6.07) is 13.4. The van der Waals surface area contributed by atoms with Gasteiger partial charge in [-0.15, -0.1) is 0 Å². The number of aliphatic hydroxyl groups excluding tert-OH is 1. The zero-order valence-corrected chi connectivity index (χ0v) is 22.3. The van der Waals surface area contributed by atoms with Gasteiger partial charge in [0.25, 0.3) is 0 Å². The quantitative estimate of drug-likeness (QED) is 0.355. The van der Waals surface area contributed by atoms with E-state index in [4.69, 9.17) is 31.9 Å². The molecule has 9 nitrogen and oxygen atoms in total. The van der Waals surface area contributed by atoms with Gasteiger partial charge in [-0.1, -0.05) is 54.9 Å². The van der Waals surface area contributed by atoms with Gasteiger partial charge in [0, 0.05) is 42.2 Å². The highest BCUT2D eigenvalue weighted by Crippen LogP contribution is 2.39. The van der Waals surface area contributed by atoms with E-state index >= 15 is 0 Å². The lowest BCUT2D eigenvalue weighted by atomic mass is 9.91. The molecule has 4 rings (SSSR count). The van der Waals surface area contributed by atoms with Crippen molar-refractivity contribution < 1.29 is 29.3 Å². The first-order valence-corrected chi connectivity index (χ1v) is 13.5. The fourth-order valence-corrected chi connectivity index (χ4v) is 5.63. The summed E-state index contributed by atoms with van der Waals surface area (Å²) >= 11 is 6.75. The Bertz CT molecular complexity index is 1120. The second-order valence-electron chi connectivity index (χ2n) is 9.87. The number of hydrogen-bond donors (Lipinski definition) is 4. The second-order valence-corrected chi connectivity index (χ2v) is 10.3. The number of amides is 2. The number of nitrogens with one attached hydrogen (secondary N) is 1. The van der Waals surface area contributed by atoms with E-state index in [-0.39, 0.29) is 25.0 Å². The molecule has 5 atom stereocenters. The average Bonchev–Trinajstić information content (AvgIpc) is 3.26. The van der Waals surface area contributed by atoms with Crippen molar-refractivity contribution in [3.8, 4) is 11.1 Å². The Labute approximate surface area is 227 Å². The molecule has 0 bridgehead atoms. The van der Waals surface area contributed by atoms with Crippen LogP contribution in [0.5, 0.6) is 0 Å². The van der Waals surface area contributed by atoms with Gasteiger partial charge in [0.1, 0.15) is 12.2 Å². The third-order valence-corrected chi connectivity index (χ3v) is 7.64. The van der Waals surface area contributed by atoms with Crippen LogP contribution in [-0.2, 0) is 20.7 Å². The van der Waals surface area contributed by atoms with E-state index in [9.17, 15) is 14.7 Å². The SMILES string of the molecule is CCc1cccc(-c2c(Cl)cccc2[C@H](OCCNC(=O)O)[C@H]2CN(C(=O)[C@H]3C[C@@H](N)[C@@H](O)C3)CCO2)c1. The molecule has 2 amide bonds. The first-order valence-electron chi connectivity index (χ1n) is 13.1. The van der Waals surface area contributed by atoms with Crippen LogP contribution in [0.25, 0.3) is 11.1 Å². The van der Waals surface area contributed by atoms with Gasteiger partial charge in [-0.3, -0.25) is 4.79 Å². The van der Waals surface area contributed by atoms with Crippen molar-refractivity contribution in [1.82, 2.24) is 10.2 Å². The lowest BCUT2D eigenvalue weighted by Gasteiger charge is -2.38. The minimum absolute atomic E-state index is 0.0430. The molecule has 2 fully saturated rings. The predicted molar refractivity (Wildman–Crippen MR) is 144 cm³/mol. The minimum atomic E-state index is -1.13. The van der Waals surface area contributed by atoms with E-state index in [1.807, 2.05) is 30.3 Å². The number of aliphatic hydroxyl groups is 1. The number of carbonyl (C=O) groups excluding carboxylic acids is 1. The van der Waals surface area contributed by atoms with Crippen LogP contribution in [0.3, 0.4) is 0 Å². The fraction of sp³-hybridized carbons (Fsp3) is 0.500. The van der Waals surface area contributed by atoms with Crippen molar-refractivity contribution in [3.63, 3.8) is 0 Å². The summed E-state index contributed by atoms with van der Waals surface area (Å²) in [6.07, 6.45) is -1.25. The number of rotatable bonds is 9. The van der Waals surface area contributed by atoms with Gasteiger partial charge in [0.2, 0.25) is 5.91 Å². The van der Waals surface area contributed by atoms with Crippen LogP contribution in [0.4, 0.5) is 4.79 Å². The number of benzene rings is 2. The van der Waals surface area contributed by atoms with Crippen molar-refractivity contribution in [2.24, 2.45) is 11.7 Å². The number of carboxylic acid groups (broad SMARTS) is 1. The summed E-state index contributed by atoms with van der Waals surface area (Å²) < 4.78 is 12.4. The minimum Gasteiger partial charge on any atom is -0.465 e. The molecular weight excluding hydrogens is 510 g/mol. The molecule has 0 radical (unpaired) electrons. The number of aryl methyl sites for hydroxylation is 1. The Hall–Kier alpha value is -2.69. The summed E-state index contributed by atoms with van der Waals surface area (Å²) in [5.74, 6) is -0.366. The number of nitrogens with zero attached hydrogens (tertiary/aromatic N) is 1. The number of nitrogens with two attached hydrogens (primary N) is 1. The Kier molecular flexibility index (Phi) is 9.62. The fourth-order valence-electron chi connectivity index (χ4n) is 5.34. The van der Waals surface area contributed by atoms with Crippen molar-refractivity contribution in [3.05, 3.63) is 58.6 Å². The number of ether oxygens (including phenoxy) is 2. The van der Waals surface area contributed by atoms with Gasteiger partial charge in [0.05, 0.1) is 19.3 Å². The monoisotopic (exact) mass is 545 g/mol. The van der Waals surface area contributed by atoms with Gasteiger partial charge in [-0.05, 0) is 42.0 Å². The average molecular weight is 546 g/mol. The molecule has 10 heteroatoms. The number of halogens is 1. The lowest BCUT2D eigenvalue weighted by Crippen LogP contribution is -2.50. The molecule has 206 valence electrons. The molecule has 0 spiro atoms. The Morgan fingerprint density at radius 1 is 1.26 bits per heavy atom. The largest absolute Gasteiger partial charge is 0.465 e. The summed E-state index contributed by atoms with van der Waals surface area (Å²) in [4.78, 5) is 26.0. The summed E-state index contributed by atoms with van der Waals surface area (Å²) in [5, 5.41) is 21.9. The van der Waals surface area contributed by atoms with E-state index < -0.39 is 30.4 Å². The van der Waals surface area contributed by atoms with Crippen LogP contribution in [0, 0.1) is 5.92 Å². The van der Waals surface area contributed by atoms with Crippen LogP contribution in [-0.4, -0.2) is 78.2 Å². The van der Waals surface area contributed by atoms with Crippen molar-refractivity contribution >= 4 is 23.6 Å². The van der Waals surface area contributed by atoms with Gasteiger partial charge in [-0.25, -0.2) is 4.79 Å². The van der Waals surface area contributed by atoms with Crippen LogP contribution in [0.15, 0.2) is 42.5 Å². The standard InChI is InChI=1S/C28H36ClN3O6/c1-2-17-5-3-6-18(13-17)25-20(7-4-8-21(25)29)26(38-11-9-31-28(35)36)24-16-32(10-12-37-24)27(34)19-14-22(30)23(33)15-19/h3-8,13,19,22-24,26,31,33H,2,9-12,14-16,30H2,1H3,(H,35,36)/t19-,22+,23-,24+,26-/m0/s1. The van der Waals surface area contributed by atoms with Crippen LogP contribution < -0.4 is 11.1 Å². The first-order chi connectivity index (χ1) is 18.3. The summed E-state index contributed by atoms with van der Waals surface area (Å²) in [6.45, 7) is 3.34. The molecule has 1 heterocycles. The highest BCUT2D eigenvalue weighted by molar-refractivity contribution is 6.33. The van der Waals surface area contributed by atoms with Gasteiger partial charge in [-0.2, -0.15) is 0 Å². The predicted octanol–water partition coefficient (Wildman–Crippen LogP) is 3.22. The van der Waals surface area contributed by atoms with Crippen LogP contribution in [0.1, 0.15) is 37.0 Å². The first kappa shape index (κ1) is 28.3. The molecular formula is C28H36ClN3O6. The number of hydrogen-bond acceptors (Lipinski definition) is 6. The molecule has 1 aliphatic carbocycles. The summed E-state index contributed by atoms with van der Waals surface area (Å²) in [7, 11) is 0. The zero-order chi connectivity index (χ0) is 27.2. The van der Waals surface area contributed by atoms with Gasteiger partial charge >= 0.3 is 6.09 Å². The zero-order valence-electron chi connectivity index (χ0n) is 21.5. The molecule has 1 saturated heterocycles. The molecule has 38 heavy (non-hydrogen) atoms. The van der Waals surface area contributed by atoms with E-state index in [0.717, 1.165) is 23.1 Å². The maximum absolute atomic E-state index is 13.3. The molecule has 2 aliphatic rings. The van der Waals surface area contributed by atoms with Crippen molar-refractivity contribution in [1.29, 1.82) is 0 Å². The lowest BCUT2D eigenvalue weighted by molar-refractivity contribution is -0.152. The highest BCUT2D eigenvalue weighted by atomic mass is 35.5. The third kappa shape index (κ3) is 6.65. The Morgan fingerprint density at radius 2 is 2.05 bits per heavy atom. The number of morpholine rings is 1. The van der Waals surface area contributed by atoms with E-state index in [2.05, 4.69) is 24.4 Å². The van der Waals surface area contributed by atoms with E-state index in [0.29, 0.717) is 37.6 Å². The molecule has 1 aliphatic heterocycles. The summed E-state index contributed by atoms with van der Waals surface area (Å²) in [5.41, 5.74) is 9.69. The molecule has 0 unspecified atom stereocenters. The topological polar surface area (TPSA) is 134 Å². The number of carbonyl (C=O) groups is 2. The molecule has 5 N–H and O–H groups in total. The van der Waals surface area contributed by atoms with E-state index in [1.54, 1.807) is 4.90 Å². The van der Waals surface area contributed by atoms with Crippen LogP contribution in [0.2, 0.25) is 5.02 Å². The highest BCUT2D eigenvalue weighted by Gasteiger charge is 2.40.